The molecule has 1 aromatic heterocycles. The molecule has 0 saturated heterocycles. The number of hydrogen-bond acceptors (Lipinski definition) is 4. The van der Waals surface area contributed by atoms with Crippen LogP contribution in [0.2, 0.25) is 0 Å². The van der Waals surface area contributed by atoms with Gasteiger partial charge in [0.2, 0.25) is 0 Å². The van der Waals surface area contributed by atoms with Gasteiger partial charge in [-0.05, 0) is 47.9 Å². The number of rotatable bonds is 8. The maximum Gasteiger partial charge on any atom is 0.269 e. The van der Waals surface area contributed by atoms with Crippen molar-refractivity contribution in [2.24, 2.45) is 0 Å². The van der Waals surface area contributed by atoms with E-state index in [0.717, 1.165) is 17.0 Å². The van der Waals surface area contributed by atoms with E-state index in [2.05, 4.69) is 15.6 Å². The molecular formula is C22H22FN3O2. The molecule has 0 aliphatic carbocycles. The van der Waals surface area contributed by atoms with Gasteiger partial charge in [-0.2, -0.15) is 0 Å². The minimum atomic E-state index is -0.280. The molecular weight excluding hydrogens is 357 g/mol. The molecule has 1 heterocycles. The van der Waals surface area contributed by atoms with Gasteiger partial charge in [0.1, 0.15) is 17.3 Å². The number of methoxy groups -OCH3 is 1. The van der Waals surface area contributed by atoms with E-state index < -0.39 is 0 Å². The molecule has 2 N–H and O–H groups in total. The first-order chi connectivity index (χ1) is 13.7. The van der Waals surface area contributed by atoms with Crippen molar-refractivity contribution in [2.45, 2.75) is 13.0 Å². The number of carbonyl (C=O) groups is 1. The van der Waals surface area contributed by atoms with Gasteiger partial charge in [0.05, 0.1) is 19.0 Å². The standard InChI is InChI=1S/C22H22FN3O2/c1-28-19-9-6-16(7-10-19)14-25-18-8-11-21(26-15-18)22(27)24-13-12-17-4-2-3-5-20(17)23/h2-11,15,25H,12-14H2,1H3,(H,24,27). The lowest BCUT2D eigenvalue weighted by Crippen LogP contribution is -2.26. The average Bonchev–Trinajstić information content (AvgIpc) is 2.74. The topological polar surface area (TPSA) is 63.2 Å². The number of aromatic nitrogens is 1. The molecule has 0 atom stereocenters. The molecule has 5 nitrogen and oxygen atoms in total. The summed E-state index contributed by atoms with van der Waals surface area (Å²) in [5.41, 5.74) is 2.83. The van der Waals surface area contributed by atoms with Crippen LogP contribution in [0.1, 0.15) is 21.6 Å². The van der Waals surface area contributed by atoms with E-state index in [1.54, 1.807) is 37.6 Å². The SMILES string of the molecule is COc1ccc(CNc2ccc(C(=O)NCCc3ccccc3F)nc2)cc1. The second-order valence-corrected chi connectivity index (χ2v) is 6.23. The lowest BCUT2D eigenvalue weighted by atomic mass is 10.1. The zero-order valence-electron chi connectivity index (χ0n) is 15.6. The van der Waals surface area contributed by atoms with Crippen LogP contribution in [0.25, 0.3) is 0 Å². The van der Waals surface area contributed by atoms with E-state index in [1.807, 2.05) is 30.3 Å². The van der Waals surface area contributed by atoms with E-state index in [4.69, 9.17) is 4.74 Å². The fraction of sp³-hybridized carbons (Fsp3) is 0.182. The molecule has 0 fully saturated rings. The third kappa shape index (κ3) is 5.30. The highest BCUT2D eigenvalue weighted by Gasteiger charge is 2.07. The Kier molecular flexibility index (Phi) is 6.57. The highest BCUT2D eigenvalue weighted by molar-refractivity contribution is 5.92. The summed E-state index contributed by atoms with van der Waals surface area (Å²) in [7, 11) is 1.64. The minimum Gasteiger partial charge on any atom is -0.497 e. The van der Waals surface area contributed by atoms with Crippen molar-refractivity contribution in [1.29, 1.82) is 0 Å². The van der Waals surface area contributed by atoms with Gasteiger partial charge in [0, 0.05) is 13.1 Å². The third-order valence-electron chi connectivity index (χ3n) is 4.29. The Bertz CT molecular complexity index is 912. The van der Waals surface area contributed by atoms with Crippen molar-refractivity contribution in [3.05, 3.63) is 89.5 Å². The molecule has 0 radical (unpaired) electrons. The number of halogens is 1. The summed E-state index contributed by atoms with van der Waals surface area (Å²) in [6, 6.07) is 17.8. The predicted octanol–water partition coefficient (Wildman–Crippen LogP) is 3.81. The van der Waals surface area contributed by atoms with Gasteiger partial charge >= 0.3 is 0 Å². The molecule has 0 spiro atoms. The summed E-state index contributed by atoms with van der Waals surface area (Å²) in [6.45, 7) is 0.985. The first-order valence-corrected chi connectivity index (χ1v) is 9.00. The molecule has 0 bridgehead atoms. The Balaban J connectivity index is 1.47. The molecule has 0 saturated carbocycles. The first kappa shape index (κ1) is 19.4. The van der Waals surface area contributed by atoms with Gasteiger partial charge in [-0.25, -0.2) is 9.37 Å². The van der Waals surface area contributed by atoms with Crippen LogP contribution in [-0.2, 0) is 13.0 Å². The van der Waals surface area contributed by atoms with Gasteiger partial charge in [0.15, 0.2) is 0 Å². The minimum absolute atomic E-state index is 0.262. The Morgan fingerprint density at radius 3 is 2.54 bits per heavy atom. The highest BCUT2D eigenvalue weighted by atomic mass is 19.1. The molecule has 2 aromatic carbocycles. The molecule has 28 heavy (non-hydrogen) atoms. The van der Waals surface area contributed by atoms with Crippen molar-refractivity contribution in [3.63, 3.8) is 0 Å². The number of nitrogens with zero attached hydrogens (tertiary/aromatic N) is 1. The van der Waals surface area contributed by atoms with Crippen LogP contribution >= 0.6 is 0 Å². The molecule has 0 unspecified atom stereocenters. The Hall–Kier alpha value is -3.41. The van der Waals surface area contributed by atoms with Gasteiger partial charge < -0.3 is 15.4 Å². The van der Waals surface area contributed by atoms with Crippen LogP contribution in [0.4, 0.5) is 10.1 Å². The van der Waals surface area contributed by atoms with Crippen molar-refractivity contribution >= 4 is 11.6 Å². The van der Waals surface area contributed by atoms with Crippen LogP contribution in [-0.4, -0.2) is 24.5 Å². The summed E-state index contributed by atoms with van der Waals surface area (Å²) < 4.78 is 18.7. The second-order valence-electron chi connectivity index (χ2n) is 6.23. The van der Waals surface area contributed by atoms with Gasteiger partial charge in [-0.15, -0.1) is 0 Å². The van der Waals surface area contributed by atoms with Crippen LogP contribution < -0.4 is 15.4 Å². The first-order valence-electron chi connectivity index (χ1n) is 9.00. The second kappa shape index (κ2) is 9.50. The number of nitrogens with one attached hydrogen (secondary N) is 2. The number of amides is 1. The van der Waals surface area contributed by atoms with Crippen molar-refractivity contribution in [2.75, 3.05) is 19.0 Å². The number of anilines is 1. The molecule has 3 aromatic rings. The van der Waals surface area contributed by atoms with Gasteiger partial charge in [0.25, 0.3) is 5.91 Å². The summed E-state index contributed by atoms with van der Waals surface area (Å²) in [6.07, 6.45) is 2.05. The Labute approximate surface area is 163 Å². The zero-order valence-corrected chi connectivity index (χ0v) is 15.6. The third-order valence-corrected chi connectivity index (χ3v) is 4.29. The Morgan fingerprint density at radius 1 is 1.07 bits per heavy atom. The molecule has 6 heteroatoms. The maximum atomic E-state index is 13.6. The molecule has 144 valence electrons. The molecule has 0 aliphatic heterocycles. The zero-order chi connectivity index (χ0) is 19.8. The number of ether oxygens (including phenoxy) is 1. The summed E-state index contributed by atoms with van der Waals surface area (Å²) in [5, 5.41) is 6.02. The fourth-order valence-corrected chi connectivity index (χ4v) is 2.68. The summed E-state index contributed by atoms with van der Waals surface area (Å²) in [4.78, 5) is 16.4. The van der Waals surface area contributed by atoms with Crippen LogP contribution in [0.5, 0.6) is 5.75 Å². The summed E-state index contributed by atoms with van der Waals surface area (Å²) in [5.74, 6) is 0.274. The number of hydrogen-bond donors (Lipinski definition) is 2. The molecule has 0 aliphatic rings. The number of pyridine rings is 1. The normalized spacial score (nSPS) is 10.4. The summed E-state index contributed by atoms with van der Waals surface area (Å²) >= 11 is 0. The highest BCUT2D eigenvalue weighted by Crippen LogP contribution is 2.13. The van der Waals surface area contributed by atoms with Crippen LogP contribution in [0.3, 0.4) is 0 Å². The molecule has 3 rings (SSSR count). The van der Waals surface area contributed by atoms with Gasteiger partial charge in [-0.3, -0.25) is 4.79 Å². The van der Waals surface area contributed by atoms with Crippen LogP contribution in [0, 0.1) is 5.82 Å². The Morgan fingerprint density at radius 2 is 1.86 bits per heavy atom. The van der Waals surface area contributed by atoms with Crippen molar-refractivity contribution in [1.82, 2.24) is 10.3 Å². The smallest absolute Gasteiger partial charge is 0.269 e. The van der Waals surface area contributed by atoms with Gasteiger partial charge in [-0.1, -0.05) is 30.3 Å². The van der Waals surface area contributed by atoms with E-state index >= 15 is 0 Å². The monoisotopic (exact) mass is 379 g/mol. The lowest BCUT2D eigenvalue weighted by Gasteiger charge is -2.09. The number of benzene rings is 2. The van der Waals surface area contributed by atoms with Crippen molar-refractivity contribution < 1.29 is 13.9 Å². The van der Waals surface area contributed by atoms with E-state index in [9.17, 15) is 9.18 Å². The fourth-order valence-electron chi connectivity index (χ4n) is 2.68. The predicted molar refractivity (Wildman–Crippen MR) is 107 cm³/mol. The van der Waals surface area contributed by atoms with E-state index in [-0.39, 0.29) is 11.7 Å². The lowest BCUT2D eigenvalue weighted by molar-refractivity contribution is 0.0949. The number of carbonyl (C=O) groups excluding carboxylic acids is 1. The average molecular weight is 379 g/mol. The van der Waals surface area contributed by atoms with Crippen molar-refractivity contribution in [3.8, 4) is 5.75 Å². The largest absolute Gasteiger partial charge is 0.497 e. The quantitative estimate of drug-likeness (QED) is 0.625. The van der Waals surface area contributed by atoms with Crippen LogP contribution in [0.15, 0.2) is 66.9 Å². The van der Waals surface area contributed by atoms with E-state index in [0.29, 0.717) is 30.8 Å². The van der Waals surface area contributed by atoms with E-state index in [1.165, 1.54) is 6.07 Å². The maximum absolute atomic E-state index is 13.6. The molecule has 1 amide bonds.